The van der Waals surface area contributed by atoms with Gasteiger partial charge in [0.1, 0.15) is 4.47 Å². The Morgan fingerprint density at radius 2 is 1.89 bits per heavy atom. The van der Waals surface area contributed by atoms with Gasteiger partial charge in [-0.2, -0.15) is 5.10 Å². The van der Waals surface area contributed by atoms with E-state index in [9.17, 15) is 4.79 Å². The molecule has 0 spiro atoms. The Labute approximate surface area is 123 Å². The lowest BCUT2D eigenvalue weighted by molar-refractivity contribution is 0.148. The lowest BCUT2D eigenvalue weighted by Crippen LogP contribution is -2.46. The molecule has 1 aliphatic heterocycles. The van der Waals surface area contributed by atoms with E-state index in [0.29, 0.717) is 15.5 Å². The van der Waals surface area contributed by atoms with E-state index < -0.39 is 0 Å². The standard InChI is InChI=1S/C11H16Br2N4O/c1-15-2-4-16(5-3-15)6-7-17-11(18)10(13)9(12)8-14-17/h8H,2-7H2,1H3. The molecule has 1 saturated heterocycles. The highest BCUT2D eigenvalue weighted by atomic mass is 79.9. The van der Waals surface area contributed by atoms with Gasteiger partial charge in [-0.1, -0.05) is 0 Å². The van der Waals surface area contributed by atoms with Crippen LogP contribution in [0.2, 0.25) is 0 Å². The average Bonchev–Trinajstić information content (AvgIpc) is 2.37. The number of likely N-dealkylation sites (N-methyl/N-ethyl adjacent to an activating group) is 1. The predicted molar refractivity (Wildman–Crippen MR) is 77.8 cm³/mol. The van der Waals surface area contributed by atoms with Gasteiger partial charge in [0.25, 0.3) is 5.56 Å². The molecule has 2 heterocycles. The monoisotopic (exact) mass is 378 g/mol. The van der Waals surface area contributed by atoms with Crippen LogP contribution in [0.15, 0.2) is 19.9 Å². The van der Waals surface area contributed by atoms with Crippen molar-refractivity contribution in [3.8, 4) is 0 Å². The molecule has 1 aromatic rings. The topological polar surface area (TPSA) is 41.4 Å². The second-order valence-electron chi connectivity index (χ2n) is 4.48. The molecule has 7 heteroatoms. The summed E-state index contributed by atoms with van der Waals surface area (Å²) in [5, 5.41) is 4.13. The van der Waals surface area contributed by atoms with E-state index >= 15 is 0 Å². The molecular formula is C11H16Br2N4O. The van der Waals surface area contributed by atoms with Gasteiger partial charge in [-0.15, -0.1) is 0 Å². The number of halogens is 2. The fourth-order valence-corrected chi connectivity index (χ4v) is 2.48. The zero-order chi connectivity index (χ0) is 13.1. The molecule has 1 aromatic heterocycles. The third kappa shape index (κ3) is 3.40. The van der Waals surface area contributed by atoms with E-state index in [1.807, 2.05) is 0 Å². The van der Waals surface area contributed by atoms with Crippen molar-refractivity contribution in [2.75, 3.05) is 39.8 Å². The van der Waals surface area contributed by atoms with E-state index in [4.69, 9.17) is 0 Å². The highest BCUT2D eigenvalue weighted by Crippen LogP contribution is 2.16. The minimum Gasteiger partial charge on any atom is -0.304 e. The van der Waals surface area contributed by atoms with Gasteiger partial charge in [-0.3, -0.25) is 9.69 Å². The quantitative estimate of drug-likeness (QED) is 0.786. The summed E-state index contributed by atoms with van der Waals surface area (Å²) in [5.41, 5.74) is -0.0847. The number of rotatable bonds is 3. The third-order valence-corrected chi connectivity index (χ3v) is 5.07. The van der Waals surface area contributed by atoms with E-state index in [1.54, 1.807) is 6.20 Å². The summed E-state index contributed by atoms with van der Waals surface area (Å²) in [6, 6.07) is 0. The van der Waals surface area contributed by atoms with Crippen molar-refractivity contribution in [2.45, 2.75) is 6.54 Å². The minimum absolute atomic E-state index is 0.0847. The van der Waals surface area contributed by atoms with E-state index in [0.717, 1.165) is 32.7 Å². The average molecular weight is 380 g/mol. The molecule has 0 aromatic carbocycles. The SMILES string of the molecule is CN1CCN(CCn2ncc(Br)c(Br)c2=O)CC1. The van der Waals surface area contributed by atoms with Crippen molar-refractivity contribution in [3.63, 3.8) is 0 Å². The molecule has 1 fully saturated rings. The molecule has 1 aliphatic rings. The van der Waals surface area contributed by atoms with Crippen molar-refractivity contribution in [1.82, 2.24) is 19.6 Å². The van der Waals surface area contributed by atoms with Gasteiger partial charge >= 0.3 is 0 Å². The molecule has 0 N–H and O–H groups in total. The summed E-state index contributed by atoms with van der Waals surface area (Å²) in [5.74, 6) is 0. The van der Waals surface area contributed by atoms with Crippen LogP contribution >= 0.6 is 31.9 Å². The van der Waals surface area contributed by atoms with Crippen molar-refractivity contribution in [2.24, 2.45) is 0 Å². The van der Waals surface area contributed by atoms with Gasteiger partial charge in [-0.25, -0.2) is 4.68 Å². The molecule has 5 nitrogen and oxygen atoms in total. The summed E-state index contributed by atoms with van der Waals surface area (Å²) in [4.78, 5) is 16.6. The fraction of sp³-hybridized carbons (Fsp3) is 0.636. The van der Waals surface area contributed by atoms with Gasteiger partial charge in [-0.05, 0) is 38.9 Å². The van der Waals surface area contributed by atoms with Crippen LogP contribution in [-0.2, 0) is 6.54 Å². The maximum atomic E-state index is 11.9. The maximum absolute atomic E-state index is 11.9. The molecule has 0 radical (unpaired) electrons. The Hall–Kier alpha value is -0.240. The lowest BCUT2D eigenvalue weighted by Gasteiger charge is -2.32. The lowest BCUT2D eigenvalue weighted by atomic mass is 10.3. The molecule has 2 rings (SSSR count). The summed E-state index contributed by atoms with van der Waals surface area (Å²) in [7, 11) is 2.13. The fourth-order valence-electron chi connectivity index (χ4n) is 1.91. The molecular weight excluding hydrogens is 364 g/mol. The highest BCUT2D eigenvalue weighted by molar-refractivity contribution is 9.13. The predicted octanol–water partition coefficient (Wildman–Crippen LogP) is 1.02. The Kier molecular flexibility index (Phi) is 4.94. The minimum atomic E-state index is -0.0847. The first kappa shape index (κ1) is 14.2. The Morgan fingerprint density at radius 1 is 1.22 bits per heavy atom. The van der Waals surface area contributed by atoms with Crippen LogP contribution in [0.3, 0.4) is 0 Å². The zero-order valence-electron chi connectivity index (χ0n) is 10.3. The largest absolute Gasteiger partial charge is 0.304 e. The van der Waals surface area contributed by atoms with E-state index in [2.05, 4.69) is 53.8 Å². The molecule has 0 bridgehead atoms. The summed E-state index contributed by atoms with van der Waals surface area (Å²) in [6.07, 6.45) is 1.65. The molecule has 0 aliphatic carbocycles. The molecule has 0 saturated carbocycles. The second-order valence-corrected chi connectivity index (χ2v) is 6.13. The molecule has 0 amide bonds. The van der Waals surface area contributed by atoms with Crippen LogP contribution in [0, 0.1) is 0 Å². The molecule has 100 valence electrons. The van der Waals surface area contributed by atoms with Gasteiger partial charge in [0.2, 0.25) is 0 Å². The van der Waals surface area contributed by atoms with Crippen LogP contribution in [0.4, 0.5) is 0 Å². The normalized spacial score (nSPS) is 18.2. The van der Waals surface area contributed by atoms with Crippen molar-refractivity contribution in [3.05, 3.63) is 25.5 Å². The third-order valence-electron chi connectivity index (χ3n) is 3.17. The number of hydrogen-bond acceptors (Lipinski definition) is 4. The highest BCUT2D eigenvalue weighted by Gasteiger charge is 2.14. The van der Waals surface area contributed by atoms with Crippen LogP contribution in [0.5, 0.6) is 0 Å². The Morgan fingerprint density at radius 3 is 2.56 bits per heavy atom. The van der Waals surface area contributed by atoms with E-state index in [-0.39, 0.29) is 5.56 Å². The number of hydrogen-bond donors (Lipinski definition) is 0. The molecule has 0 atom stereocenters. The smallest absolute Gasteiger partial charge is 0.282 e. The van der Waals surface area contributed by atoms with Gasteiger partial charge < -0.3 is 4.90 Å². The van der Waals surface area contributed by atoms with E-state index in [1.165, 1.54) is 4.68 Å². The van der Waals surface area contributed by atoms with Crippen LogP contribution in [0.25, 0.3) is 0 Å². The summed E-state index contributed by atoms with van der Waals surface area (Å²) < 4.78 is 2.74. The van der Waals surface area contributed by atoms with Crippen molar-refractivity contribution >= 4 is 31.9 Å². The first-order chi connectivity index (χ1) is 8.58. The molecule has 18 heavy (non-hydrogen) atoms. The van der Waals surface area contributed by atoms with Crippen LogP contribution in [0.1, 0.15) is 0 Å². The molecule has 0 unspecified atom stereocenters. The summed E-state index contributed by atoms with van der Waals surface area (Å²) in [6.45, 7) is 5.80. The Balaban J connectivity index is 1.95. The van der Waals surface area contributed by atoms with Crippen molar-refractivity contribution in [1.29, 1.82) is 0 Å². The van der Waals surface area contributed by atoms with Gasteiger partial charge in [0.05, 0.1) is 17.2 Å². The van der Waals surface area contributed by atoms with Crippen molar-refractivity contribution < 1.29 is 0 Å². The van der Waals surface area contributed by atoms with Gasteiger partial charge in [0.15, 0.2) is 0 Å². The summed E-state index contributed by atoms with van der Waals surface area (Å²) >= 11 is 6.54. The number of piperazine rings is 1. The number of aromatic nitrogens is 2. The maximum Gasteiger partial charge on any atom is 0.282 e. The zero-order valence-corrected chi connectivity index (χ0v) is 13.4. The second kappa shape index (κ2) is 6.27. The number of nitrogens with zero attached hydrogens (tertiary/aromatic N) is 4. The Bertz CT molecular complexity index is 469. The van der Waals surface area contributed by atoms with Gasteiger partial charge in [0, 0.05) is 32.7 Å². The van der Waals surface area contributed by atoms with Crippen LogP contribution < -0.4 is 5.56 Å². The first-order valence-electron chi connectivity index (χ1n) is 5.90. The first-order valence-corrected chi connectivity index (χ1v) is 7.48. The van der Waals surface area contributed by atoms with Crippen LogP contribution in [-0.4, -0.2) is 59.4 Å².